The number of rotatable bonds is 5. The highest BCUT2D eigenvalue weighted by Gasteiger charge is 2.29. The van der Waals surface area contributed by atoms with E-state index in [1.54, 1.807) is 53.7 Å². The van der Waals surface area contributed by atoms with Crippen molar-refractivity contribution >= 4 is 73.4 Å². The van der Waals surface area contributed by atoms with E-state index in [9.17, 15) is 4.79 Å². The van der Waals surface area contributed by atoms with E-state index >= 15 is 0 Å². The molecule has 0 aliphatic heterocycles. The number of pyridine rings is 1. The predicted molar refractivity (Wildman–Crippen MR) is 143 cm³/mol. The maximum absolute atomic E-state index is 13.0. The summed E-state index contributed by atoms with van der Waals surface area (Å²) in [4.78, 5) is 24.1. The summed E-state index contributed by atoms with van der Waals surface area (Å²) in [6.07, 6.45) is 7.26. The van der Waals surface area contributed by atoms with Crippen molar-refractivity contribution in [1.29, 1.82) is 0 Å². The number of fused-ring (bicyclic) bond motifs is 4. The third kappa shape index (κ3) is 4.13. The van der Waals surface area contributed by atoms with Gasteiger partial charge in [-0.3, -0.25) is 4.79 Å². The minimum absolute atomic E-state index is 0.0280. The maximum atomic E-state index is 13.0. The number of nitrogens with one attached hydrogen (secondary N) is 2. The Morgan fingerprint density at radius 3 is 2.92 bits per heavy atom. The van der Waals surface area contributed by atoms with Gasteiger partial charge in [0.05, 0.1) is 39.9 Å². The molecule has 1 aliphatic rings. The average molecular weight is 539 g/mol. The molecule has 1 unspecified atom stereocenters. The van der Waals surface area contributed by atoms with Gasteiger partial charge >= 0.3 is 0 Å². The number of hydrogen-bond acceptors (Lipinski definition) is 7. The number of nitrogens with zero attached hydrogens (tertiary/aromatic N) is 4. The molecule has 1 aliphatic carbocycles. The van der Waals surface area contributed by atoms with Crippen LogP contribution >= 0.6 is 34.5 Å². The number of carbonyl (C=O) groups excluding carboxylic acids is 1. The van der Waals surface area contributed by atoms with Gasteiger partial charge in [0.2, 0.25) is 5.91 Å². The van der Waals surface area contributed by atoms with E-state index in [1.165, 1.54) is 5.56 Å². The fraction of sp³-hybridized carbons (Fsp3) is 0.200. The second-order valence-electron chi connectivity index (χ2n) is 8.55. The highest BCUT2D eigenvalue weighted by atomic mass is 35.5. The van der Waals surface area contributed by atoms with E-state index in [0.717, 1.165) is 45.0 Å². The Hall–Kier alpha value is -3.40. The Balaban J connectivity index is 1.28. The molecule has 4 aromatic heterocycles. The van der Waals surface area contributed by atoms with Crippen molar-refractivity contribution in [2.75, 3.05) is 17.7 Å². The van der Waals surface area contributed by atoms with Gasteiger partial charge in [0, 0.05) is 22.7 Å². The summed E-state index contributed by atoms with van der Waals surface area (Å²) in [6.45, 7) is 0. The highest BCUT2D eigenvalue weighted by molar-refractivity contribution is 7.19. The summed E-state index contributed by atoms with van der Waals surface area (Å²) in [7, 11) is 1.63. The van der Waals surface area contributed by atoms with Crippen molar-refractivity contribution in [3.63, 3.8) is 0 Å². The van der Waals surface area contributed by atoms with Crippen molar-refractivity contribution in [2.45, 2.75) is 19.3 Å². The van der Waals surface area contributed by atoms with Gasteiger partial charge in [0.25, 0.3) is 0 Å². The number of aromatic nitrogens is 4. The van der Waals surface area contributed by atoms with Crippen LogP contribution in [0.1, 0.15) is 16.9 Å². The first kappa shape index (κ1) is 23.0. The highest BCUT2D eigenvalue weighted by Crippen LogP contribution is 2.41. The molecule has 0 bridgehead atoms. The van der Waals surface area contributed by atoms with Gasteiger partial charge in [-0.1, -0.05) is 23.2 Å². The molecule has 1 amide bonds. The van der Waals surface area contributed by atoms with Crippen LogP contribution < -0.4 is 15.4 Å². The van der Waals surface area contributed by atoms with Gasteiger partial charge in [-0.15, -0.1) is 11.3 Å². The normalized spacial score (nSPS) is 15.1. The Bertz CT molecular complexity index is 1630. The third-order valence-corrected chi connectivity index (χ3v) is 8.28. The van der Waals surface area contributed by atoms with Crippen molar-refractivity contribution in [1.82, 2.24) is 19.6 Å². The third-order valence-electron chi connectivity index (χ3n) is 6.37. The first-order valence-corrected chi connectivity index (χ1v) is 12.9. The molecule has 1 aromatic carbocycles. The molecule has 0 fully saturated rings. The minimum Gasteiger partial charge on any atom is -0.493 e. The number of thiophene rings is 1. The molecule has 1 atom stereocenters. The lowest BCUT2D eigenvalue weighted by molar-refractivity contribution is -0.120. The van der Waals surface area contributed by atoms with Crippen LogP contribution in [0.3, 0.4) is 0 Å². The van der Waals surface area contributed by atoms with Crippen LogP contribution in [-0.4, -0.2) is 32.6 Å². The lowest BCUT2D eigenvalue weighted by Crippen LogP contribution is -2.27. The van der Waals surface area contributed by atoms with Gasteiger partial charge in [0.15, 0.2) is 5.75 Å². The number of benzene rings is 1. The minimum atomic E-state index is -0.145. The van der Waals surface area contributed by atoms with Crippen LogP contribution in [0.2, 0.25) is 10.0 Å². The molecular formula is C25H20Cl2N6O2S. The molecule has 6 rings (SSSR count). The zero-order valence-corrected chi connectivity index (χ0v) is 21.4. The lowest BCUT2D eigenvalue weighted by Gasteiger charge is -2.22. The lowest BCUT2D eigenvalue weighted by atomic mass is 9.87. The van der Waals surface area contributed by atoms with E-state index in [-0.39, 0.29) is 11.8 Å². The van der Waals surface area contributed by atoms with Gasteiger partial charge in [-0.25, -0.2) is 14.5 Å². The largest absolute Gasteiger partial charge is 0.493 e. The molecule has 0 spiro atoms. The van der Waals surface area contributed by atoms with Crippen LogP contribution in [0.5, 0.6) is 5.75 Å². The molecule has 8 nitrogen and oxygen atoms in total. The smallest absolute Gasteiger partial charge is 0.227 e. The molecular weight excluding hydrogens is 519 g/mol. The van der Waals surface area contributed by atoms with Crippen LogP contribution in [0.15, 0.2) is 49.1 Å². The van der Waals surface area contributed by atoms with Crippen LogP contribution in [0, 0.1) is 5.92 Å². The van der Waals surface area contributed by atoms with Crippen molar-refractivity contribution < 1.29 is 9.53 Å². The fourth-order valence-electron chi connectivity index (χ4n) is 4.58. The number of methoxy groups -OCH3 is 1. The molecule has 11 heteroatoms. The predicted octanol–water partition coefficient (Wildman–Crippen LogP) is 6.14. The zero-order valence-electron chi connectivity index (χ0n) is 19.1. The summed E-state index contributed by atoms with van der Waals surface area (Å²) in [5.74, 6) is 1.20. The second kappa shape index (κ2) is 9.24. The van der Waals surface area contributed by atoms with Gasteiger partial charge in [-0.05, 0) is 55.2 Å². The Kier molecular flexibility index (Phi) is 5.91. The quantitative estimate of drug-likeness (QED) is 0.279. The van der Waals surface area contributed by atoms with Crippen LogP contribution in [0.25, 0.3) is 15.7 Å². The molecule has 4 heterocycles. The fourth-order valence-corrected chi connectivity index (χ4v) is 6.15. The summed E-state index contributed by atoms with van der Waals surface area (Å²) in [5.41, 5.74) is 3.56. The van der Waals surface area contributed by atoms with Crippen molar-refractivity contribution in [2.24, 2.45) is 5.92 Å². The molecule has 0 saturated heterocycles. The number of ether oxygens (including phenoxy) is 1. The first-order valence-electron chi connectivity index (χ1n) is 11.3. The van der Waals surface area contributed by atoms with E-state index in [1.807, 2.05) is 18.3 Å². The van der Waals surface area contributed by atoms with Crippen molar-refractivity contribution in [3.8, 4) is 5.75 Å². The van der Waals surface area contributed by atoms with E-state index in [2.05, 4.69) is 25.7 Å². The molecule has 0 radical (unpaired) electrons. The zero-order chi connectivity index (χ0) is 24.8. The SMILES string of the molecule is COc1cn2nccc2cc1Nc1ncnc2sc3c(c12)CCC(C(=O)Nc1ccc(Cl)c(Cl)c1)C3. The number of aryl methyl sites for hydroxylation is 1. The standard InChI is InChI=1S/C25H20Cl2N6O2S/c1-35-20-11-33-15(6-7-30-33)10-19(20)32-23-22-16-4-2-13(8-21(16)36-25(22)29-12-28-23)24(34)31-14-3-5-17(26)18(27)9-14/h3,5-7,9-13H,2,4,8H2,1H3,(H,31,34)(H,28,29,32). The number of hydrogen-bond donors (Lipinski definition) is 2. The molecule has 5 aromatic rings. The summed E-state index contributed by atoms with van der Waals surface area (Å²) in [6, 6.07) is 9.00. The molecule has 0 saturated carbocycles. The van der Waals surface area contributed by atoms with Crippen molar-refractivity contribution in [3.05, 3.63) is 69.5 Å². The summed E-state index contributed by atoms with van der Waals surface area (Å²) >= 11 is 13.7. The van der Waals surface area contributed by atoms with Crippen LogP contribution in [-0.2, 0) is 17.6 Å². The van der Waals surface area contributed by atoms with E-state index < -0.39 is 0 Å². The Morgan fingerprint density at radius 2 is 2.08 bits per heavy atom. The van der Waals surface area contributed by atoms with E-state index in [0.29, 0.717) is 27.9 Å². The van der Waals surface area contributed by atoms with Crippen LogP contribution in [0.4, 0.5) is 17.2 Å². The number of amides is 1. The summed E-state index contributed by atoms with van der Waals surface area (Å²) in [5, 5.41) is 12.6. The van der Waals surface area contributed by atoms with Gasteiger partial charge < -0.3 is 15.4 Å². The monoisotopic (exact) mass is 538 g/mol. The second-order valence-corrected chi connectivity index (χ2v) is 10.4. The number of carbonyl (C=O) groups is 1. The van der Waals surface area contributed by atoms with Gasteiger partial charge in [-0.2, -0.15) is 5.10 Å². The van der Waals surface area contributed by atoms with Gasteiger partial charge in [0.1, 0.15) is 17.0 Å². The average Bonchev–Trinajstić information content (AvgIpc) is 3.49. The molecule has 36 heavy (non-hydrogen) atoms. The first-order chi connectivity index (χ1) is 17.5. The topological polar surface area (TPSA) is 93.4 Å². The Morgan fingerprint density at radius 1 is 1.19 bits per heavy atom. The summed E-state index contributed by atoms with van der Waals surface area (Å²) < 4.78 is 7.34. The Labute approximate surface area is 220 Å². The van der Waals surface area contributed by atoms with E-state index in [4.69, 9.17) is 27.9 Å². The molecule has 2 N–H and O–H groups in total. The number of anilines is 3. The molecule has 182 valence electrons. The maximum Gasteiger partial charge on any atom is 0.227 e. The number of halogens is 2.